The third-order valence-electron chi connectivity index (χ3n) is 4.40. The van der Waals surface area contributed by atoms with Crippen LogP contribution in [-0.2, 0) is 11.3 Å². The Balaban J connectivity index is 1.92. The Hall–Kier alpha value is -2.05. The average Bonchev–Trinajstić information content (AvgIpc) is 2.98. The van der Waals surface area contributed by atoms with E-state index in [0.29, 0.717) is 13.2 Å². The third-order valence-corrected chi connectivity index (χ3v) is 4.40. The maximum Gasteiger partial charge on any atom is 0.319 e. The summed E-state index contributed by atoms with van der Waals surface area (Å²) in [5.74, 6) is 0. The molecule has 2 rings (SSSR count). The number of hydrogen-bond acceptors (Lipinski definition) is 3. The van der Waals surface area contributed by atoms with Gasteiger partial charge in [-0.15, -0.1) is 0 Å². The highest BCUT2D eigenvalue weighted by atomic mass is 16.5. The van der Waals surface area contributed by atoms with Crippen LogP contribution >= 0.6 is 0 Å². The van der Waals surface area contributed by atoms with Gasteiger partial charge in [-0.1, -0.05) is 32.0 Å². The summed E-state index contributed by atoms with van der Waals surface area (Å²) in [6.45, 7) is 9.47. The Labute approximate surface area is 150 Å². The van der Waals surface area contributed by atoms with Crippen molar-refractivity contribution >= 4 is 22.6 Å². The number of carbonyl (C=O) groups is 1. The molecule has 0 saturated carbocycles. The summed E-state index contributed by atoms with van der Waals surface area (Å²) in [7, 11) is 1.69. The van der Waals surface area contributed by atoms with Crippen molar-refractivity contribution in [3.8, 4) is 0 Å². The van der Waals surface area contributed by atoms with Crippen LogP contribution in [0.2, 0.25) is 0 Å². The first-order valence-corrected chi connectivity index (χ1v) is 9.03. The molecule has 1 aromatic heterocycles. The van der Waals surface area contributed by atoms with Crippen molar-refractivity contribution in [3.63, 3.8) is 0 Å². The fourth-order valence-electron chi connectivity index (χ4n) is 2.93. The van der Waals surface area contributed by atoms with E-state index in [0.717, 1.165) is 49.2 Å². The molecule has 0 bridgehead atoms. The SMILES string of the molecule is CCN(CC)CCCNC(=O)Nc1cn(CCOC)c2ccccc12. The number of hydrogen-bond donors (Lipinski definition) is 2. The van der Waals surface area contributed by atoms with E-state index >= 15 is 0 Å². The van der Waals surface area contributed by atoms with Gasteiger partial charge in [0.1, 0.15) is 0 Å². The minimum absolute atomic E-state index is 0.158. The number of para-hydroxylation sites is 1. The van der Waals surface area contributed by atoms with Crippen LogP contribution < -0.4 is 10.6 Å². The Kier molecular flexibility index (Phi) is 7.76. The van der Waals surface area contributed by atoms with Gasteiger partial charge in [-0.3, -0.25) is 0 Å². The van der Waals surface area contributed by atoms with Crippen molar-refractivity contribution in [2.75, 3.05) is 45.2 Å². The minimum Gasteiger partial charge on any atom is -0.383 e. The molecule has 0 fully saturated rings. The standard InChI is InChI=1S/C19H30N4O2/c1-4-22(5-2)12-8-11-20-19(24)21-17-15-23(13-14-25-3)18-10-7-6-9-16(17)18/h6-7,9-10,15H,4-5,8,11-14H2,1-3H3,(H2,20,21,24). The molecule has 2 amide bonds. The number of benzene rings is 1. The summed E-state index contributed by atoms with van der Waals surface area (Å²) in [5, 5.41) is 6.95. The van der Waals surface area contributed by atoms with Gasteiger partial charge in [-0.25, -0.2) is 4.79 Å². The number of methoxy groups -OCH3 is 1. The molecule has 1 heterocycles. The van der Waals surface area contributed by atoms with E-state index in [4.69, 9.17) is 4.74 Å². The van der Waals surface area contributed by atoms with Crippen LogP contribution in [0.5, 0.6) is 0 Å². The molecule has 0 spiro atoms. The van der Waals surface area contributed by atoms with Crippen LogP contribution in [0, 0.1) is 0 Å². The molecule has 138 valence electrons. The molecule has 0 unspecified atom stereocenters. The van der Waals surface area contributed by atoms with Crippen molar-refractivity contribution in [2.24, 2.45) is 0 Å². The Morgan fingerprint density at radius 1 is 1.24 bits per heavy atom. The Morgan fingerprint density at radius 2 is 2.00 bits per heavy atom. The summed E-state index contributed by atoms with van der Waals surface area (Å²) in [5.41, 5.74) is 1.92. The first-order valence-electron chi connectivity index (χ1n) is 9.03. The zero-order valence-electron chi connectivity index (χ0n) is 15.5. The summed E-state index contributed by atoms with van der Waals surface area (Å²) < 4.78 is 7.27. The maximum atomic E-state index is 12.2. The molecule has 0 atom stereocenters. The monoisotopic (exact) mass is 346 g/mol. The number of urea groups is 1. The first kappa shape index (κ1) is 19.3. The number of anilines is 1. The molecular formula is C19H30N4O2. The number of aromatic nitrogens is 1. The molecule has 2 aromatic rings. The lowest BCUT2D eigenvalue weighted by atomic mass is 10.2. The summed E-state index contributed by atoms with van der Waals surface area (Å²) >= 11 is 0. The van der Waals surface area contributed by atoms with Gasteiger partial charge in [0.2, 0.25) is 0 Å². The van der Waals surface area contributed by atoms with Crippen LogP contribution in [0.15, 0.2) is 30.5 Å². The van der Waals surface area contributed by atoms with Gasteiger partial charge < -0.3 is 24.8 Å². The fourth-order valence-corrected chi connectivity index (χ4v) is 2.93. The Bertz CT molecular complexity index is 664. The van der Waals surface area contributed by atoms with E-state index in [1.165, 1.54) is 0 Å². The van der Waals surface area contributed by atoms with E-state index < -0.39 is 0 Å². The lowest BCUT2D eigenvalue weighted by Gasteiger charge is -2.17. The molecular weight excluding hydrogens is 316 g/mol. The van der Waals surface area contributed by atoms with Crippen molar-refractivity contribution in [3.05, 3.63) is 30.5 Å². The molecule has 0 aliphatic carbocycles. The average molecular weight is 346 g/mol. The Morgan fingerprint density at radius 3 is 2.72 bits per heavy atom. The summed E-state index contributed by atoms with van der Waals surface area (Å²) in [6, 6.07) is 7.90. The second kappa shape index (κ2) is 10.1. The van der Waals surface area contributed by atoms with Gasteiger partial charge in [0, 0.05) is 31.8 Å². The number of rotatable bonds is 10. The quantitative estimate of drug-likeness (QED) is 0.650. The largest absolute Gasteiger partial charge is 0.383 e. The van der Waals surface area contributed by atoms with Crippen molar-refractivity contribution in [2.45, 2.75) is 26.8 Å². The van der Waals surface area contributed by atoms with Gasteiger partial charge in [0.25, 0.3) is 0 Å². The van der Waals surface area contributed by atoms with E-state index in [-0.39, 0.29) is 6.03 Å². The highest BCUT2D eigenvalue weighted by Crippen LogP contribution is 2.25. The molecule has 6 nitrogen and oxygen atoms in total. The molecule has 2 N–H and O–H groups in total. The van der Waals surface area contributed by atoms with Crippen LogP contribution in [0.4, 0.5) is 10.5 Å². The highest BCUT2D eigenvalue weighted by Gasteiger charge is 2.10. The third kappa shape index (κ3) is 5.47. The molecule has 0 aliphatic heterocycles. The van der Waals surface area contributed by atoms with E-state index in [1.54, 1.807) is 7.11 Å². The van der Waals surface area contributed by atoms with Gasteiger partial charge in [0.05, 0.1) is 17.8 Å². The van der Waals surface area contributed by atoms with Crippen LogP contribution in [0.25, 0.3) is 10.9 Å². The number of nitrogens with one attached hydrogen (secondary N) is 2. The van der Waals surface area contributed by atoms with Crippen LogP contribution in [-0.4, -0.2) is 55.4 Å². The molecule has 0 saturated heterocycles. The number of amides is 2. The van der Waals surface area contributed by atoms with Crippen molar-refractivity contribution in [1.29, 1.82) is 0 Å². The molecule has 6 heteroatoms. The van der Waals surface area contributed by atoms with Gasteiger partial charge in [-0.05, 0) is 32.1 Å². The summed E-state index contributed by atoms with van der Waals surface area (Å²) in [6.07, 6.45) is 2.92. The molecule has 0 radical (unpaired) electrons. The topological polar surface area (TPSA) is 58.5 Å². The number of ether oxygens (including phenoxy) is 1. The lowest BCUT2D eigenvalue weighted by Crippen LogP contribution is -2.32. The van der Waals surface area contributed by atoms with E-state index in [9.17, 15) is 4.79 Å². The smallest absolute Gasteiger partial charge is 0.319 e. The van der Waals surface area contributed by atoms with Gasteiger partial charge in [0.15, 0.2) is 0 Å². The predicted molar refractivity (Wildman–Crippen MR) is 103 cm³/mol. The molecule has 1 aromatic carbocycles. The lowest BCUT2D eigenvalue weighted by molar-refractivity contribution is 0.188. The fraction of sp³-hybridized carbons (Fsp3) is 0.526. The number of fused-ring (bicyclic) bond motifs is 1. The predicted octanol–water partition coefficient (Wildman–Crippen LogP) is 3.14. The zero-order valence-corrected chi connectivity index (χ0v) is 15.5. The minimum atomic E-state index is -0.158. The van der Waals surface area contributed by atoms with E-state index in [1.807, 2.05) is 24.4 Å². The number of carbonyl (C=O) groups excluding carboxylic acids is 1. The second-order valence-electron chi connectivity index (χ2n) is 6.01. The van der Waals surface area contributed by atoms with Crippen LogP contribution in [0.3, 0.4) is 0 Å². The van der Waals surface area contributed by atoms with Crippen LogP contribution in [0.1, 0.15) is 20.3 Å². The zero-order chi connectivity index (χ0) is 18.1. The van der Waals surface area contributed by atoms with Crippen molar-refractivity contribution < 1.29 is 9.53 Å². The molecule has 0 aliphatic rings. The van der Waals surface area contributed by atoms with Gasteiger partial charge >= 0.3 is 6.03 Å². The van der Waals surface area contributed by atoms with E-state index in [2.05, 4.69) is 40.0 Å². The summed E-state index contributed by atoms with van der Waals surface area (Å²) in [4.78, 5) is 14.5. The second-order valence-corrected chi connectivity index (χ2v) is 6.01. The molecule has 25 heavy (non-hydrogen) atoms. The number of nitrogens with zero attached hydrogens (tertiary/aromatic N) is 2. The van der Waals surface area contributed by atoms with Crippen molar-refractivity contribution in [1.82, 2.24) is 14.8 Å². The first-order chi connectivity index (χ1) is 12.2. The maximum absolute atomic E-state index is 12.2. The van der Waals surface area contributed by atoms with Gasteiger partial charge in [-0.2, -0.15) is 0 Å². The highest BCUT2D eigenvalue weighted by molar-refractivity contribution is 6.01. The normalized spacial score (nSPS) is 11.2.